The molecule has 0 bridgehead atoms. The van der Waals surface area contributed by atoms with E-state index in [1.54, 1.807) is 6.92 Å². The van der Waals surface area contributed by atoms with Crippen LogP contribution in [0.1, 0.15) is 6.92 Å². The lowest BCUT2D eigenvalue weighted by atomic mass is 10.3. The highest BCUT2D eigenvalue weighted by Gasteiger charge is 2.16. The van der Waals surface area contributed by atoms with Gasteiger partial charge in [-0.05, 0) is 46.3 Å². The molecule has 8 heteroatoms. The Morgan fingerprint density at radius 2 is 1.82 bits per heavy atom. The van der Waals surface area contributed by atoms with Crippen LogP contribution >= 0.6 is 15.9 Å². The van der Waals surface area contributed by atoms with Gasteiger partial charge in [-0.15, -0.1) is 0 Å². The first kappa shape index (κ1) is 16.9. The van der Waals surface area contributed by atoms with E-state index in [2.05, 4.69) is 20.7 Å². The minimum atomic E-state index is -3.60. The van der Waals surface area contributed by atoms with Crippen LogP contribution < -0.4 is 9.46 Å². The molecule has 0 aromatic heterocycles. The van der Waals surface area contributed by atoms with Crippen molar-refractivity contribution in [2.24, 2.45) is 0 Å². The summed E-state index contributed by atoms with van der Waals surface area (Å²) in [6, 6.07) is 6.98. The Labute approximate surface area is 135 Å². The van der Waals surface area contributed by atoms with Gasteiger partial charge in [0.1, 0.15) is 11.6 Å². The maximum absolute atomic E-state index is 13.6. The highest BCUT2D eigenvalue weighted by atomic mass is 79.9. The zero-order valence-corrected chi connectivity index (χ0v) is 13.8. The molecule has 0 spiro atoms. The molecule has 118 valence electrons. The van der Waals surface area contributed by atoms with Crippen LogP contribution in [0, 0.1) is 11.6 Å². The lowest BCUT2D eigenvalue weighted by Gasteiger charge is -2.10. The first-order valence-corrected chi connectivity index (χ1v) is 8.53. The van der Waals surface area contributed by atoms with Crippen molar-refractivity contribution in [3.63, 3.8) is 0 Å². The number of hydrogen-bond donors (Lipinski definition) is 1. The van der Waals surface area contributed by atoms with Gasteiger partial charge in [0.25, 0.3) is 0 Å². The standard InChI is InChI=1S/C14H12BrF2NO3S/c1-2-18-22(19,20)10-4-6-13(11(15)8-10)21-14-5-3-9(16)7-12(14)17/h3-8,18H,2H2,1H3. The van der Waals surface area contributed by atoms with E-state index >= 15 is 0 Å². The minimum Gasteiger partial charge on any atom is -0.453 e. The molecule has 1 N–H and O–H groups in total. The topological polar surface area (TPSA) is 55.4 Å². The highest BCUT2D eigenvalue weighted by molar-refractivity contribution is 9.10. The fraction of sp³-hybridized carbons (Fsp3) is 0.143. The summed E-state index contributed by atoms with van der Waals surface area (Å²) in [5.74, 6) is -1.52. The first-order valence-electron chi connectivity index (χ1n) is 6.25. The summed E-state index contributed by atoms with van der Waals surface area (Å²) < 4.78 is 58.1. The fourth-order valence-corrected chi connectivity index (χ4v) is 3.36. The van der Waals surface area contributed by atoms with Crippen molar-refractivity contribution in [2.45, 2.75) is 11.8 Å². The third-order valence-electron chi connectivity index (χ3n) is 2.66. The van der Waals surface area contributed by atoms with Crippen molar-refractivity contribution in [1.29, 1.82) is 0 Å². The second-order valence-corrected chi connectivity index (χ2v) is 6.89. The van der Waals surface area contributed by atoms with Crippen molar-refractivity contribution in [3.8, 4) is 11.5 Å². The van der Waals surface area contributed by atoms with E-state index in [4.69, 9.17) is 4.74 Å². The summed E-state index contributed by atoms with van der Waals surface area (Å²) in [7, 11) is -3.60. The van der Waals surface area contributed by atoms with E-state index in [1.165, 1.54) is 18.2 Å². The average molecular weight is 392 g/mol. The van der Waals surface area contributed by atoms with Crippen LogP contribution in [0.15, 0.2) is 45.8 Å². The average Bonchev–Trinajstić information content (AvgIpc) is 2.43. The van der Waals surface area contributed by atoms with E-state index < -0.39 is 21.7 Å². The van der Waals surface area contributed by atoms with Crippen LogP contribution in [0.25, 0.3) is 0 Å². The number of halogens is 3. The molecule has 0 aliphatic rings. The van der Waals surface area contributed by atoms with Crippen molar-refractivity contribution in [3.05, 3.63) is 52.5 Å². The molecule has 22 heavy (non-hydrogen) atoms. The molecule has 0 atom stereocenters. The molecule has 2 aromatic rings. The van der Waals surface area contributed by atoms with Crippen molar-refractivity contribution in [1.82, 2.24) is 4.72 Å². The molecule has 0 heterocycles. The zero-order chi connectivity index (χ0) is 16.3. The van der Waals surface area contributed by atoms with Crippen LogP contribution in [-0.4, -0.2) is 15.0 Å². The largest absolute Gasteiger partial charge is 0.453 e. The summed E-state index contributed by atoms with van der Waals surface area (Å²) in [5.41, 5.74) is 0. The van der Waals surface area contributed by atoms with Crippen molar-refractivity contribution >= 4 is 26.0 Å². The molecule has 0 amide bonds. The Balaban J connectivity index is 2.31. The minimum absolute atomic E-state index is 0.0492. The number of sulfonamides is 1. The smallest absolute Gasteiger partial charge is 0.240 e. The van der Waals surface area contributed by atoms with Gasteiger partial charge < -0.3 is 4.74 Å². The summed E-state index contributed by atoms with van der Waals surface area (Å²) in [5, 5.41) is 0. The number of ether oxygens (including phenoxy) is 1. The van der Waals surface area contributed by atoms with E-state index in [0.29, 0.717) is 10.5 Å². The lowest BCUT2D eigenvalue weighted by molar-refractivity contribution is 0.435. The van der Waals surface area contributed by atoms with Crippen LogP contribution in [-0.2, 0) is 10.0 Å². The van der Waals surface area contributed by atoms with E-state index in [9.17, 15) is 17.2 Å². The zero-order valence-electron chi connectivity index (χ0n) is 11.4. The molecule has 0 aliphatic heterocycles. The Bertz CT molecular complexity index is 797. The molecule has 2 aromatic carbocycles. The molecular formula is C14H12BrF2NO3S. The third-order valence-corrected chi connectivity index (χ3v) is 4.82. The molecule has 4 nitrogen and oxygen atoms in total. The predicted octanol–water partition coefficient (Wildman–Crippen LogP) is 3.82. The number of benzene rings is 2. The van der Waals surface area contributed by atoms with Crippen LogP contribution in [0.5, 0.6) is 11.5 Å². The molecule has 0 radical (unpaired) electrons. The van der Waals surface area contributed by atoms with E-state index in [0.717, 1.165) is 12.1 Å². The Morgan fingerprint density at radius 1 is 1.14 bits per heavy atom. The van der Waals surface area contributed by atoms with Gasteiger partial charge in [-0.2, -0.15) is 0 Å². The summed E-state index contributed by atoms with van der Waals surface area (Å²) in [6.07, 6.45) is 0. The van der Waals surface area contributed by atoms with Crippen molar-refractivity contribution < 1.29 is 21.9 Å². The number of rotatable bonds is 5. The molecule has 2 rings (SSSR count). The van der Waals surface area contributed by atoms with Gasteiger partial charge in [0.15, 0.2) is 11.6 Å². The van der Waals surface area contributed by atoms with E-state index in [1.807, 2.05) is 0 Å². The summed E-state index contributed by atoms with van der Waals surface area (Å²) in [6.45, 7) is 1.93. The molecule has 0 aliphatic carbocycles. The molecule has 0 saturated heterocycles. The summed E-state index contributed by atoms with van der Waals surface area (Å²) >= 11 is 3.17. The predicted molar refractivity (Wildman–Crippen MR) is 81.4 cm³/mol. The van der Waals surface area contributed by atoms with Crippen molar-refractivity contribution in [2.75, 3.05) is 6.54 Å². The normalized spacial score (nSPS) is 11.5. The Morgan fingerprint density at radius 3 is 2.41 bits per heavy atom. The SMILES string of the molecule is CCNS(=O)(=O)c1ccc(Oc2ccc(F)cc2F)c(Br)c1. The molecule has 0 fully saturated rings. The molecule has 0 saturated carbocycles. The monoisotopic (exact) mass is 391 g/mol. The second kappa shape index (κ2) is 6.72. The quantitative estimate of drug-likeness (QED) is 0.842. The summed E-state index contributed by atoms with van der Waals surface area (Å²) in [4.78, 5) is 0.0492. The van der Waals surface area contributed by atoms with Gasteiger partial charge in [0, 0.05) is 12.6 Å². The number of nitrogens with one attached hydrogen (secondary N) is 1. The lowest BCUT2D eigenvalue weighted by Crippen LogP contribution is -2.23. The Kier molecular flexibility index (Phi) is 5.15. The van der Waals surface area contributed by atoms with Gasteiger partial charge in [-0.3, -0.25) is 0 Å². The van der Waals surface area contributed by atoms with Crippen LogP contribution in [0.2, 0.25) is 0 Å². The Hall–Kier alpha value is -1.51. The van der Waals surface area contributed by atoms with E-state index in [-0.39, 0.29) is 22.9 Å². The van der Waals surface area contributed by atoms with Gasteiger partial charge in [-0.1, -0.05) is 6.92 Å². The maximum atomic E-state index is 13.6. The van der Waals surface area contributed by atoms with Crippen LogP contribution in [0.3, 0.4) is 0 Å². The van der Waals surface area contributed by atoms with Crippen LogP contribution in [0.4, 0.5) is 8.78 Å². The van der Waals surface area contributed by atoms with Gasteiger partial charge in [0.2, 0.25) is 10.0 Å². The second-order valence-electron chi connectivity index (χ2n) is 4.27. The fourth-order valence-electron chi connectivity index (χ4n) is 1.68. The van der Waals surface area contributed by atoms with Gasteiger partial charge >= 0.3 is 0 Å². The molecule has 0 unspecified atom stereocenters. The maximum Gasteiger partial charge on any atom is 0.240 e. The highest BCUT2D eigenvalue weighted by Crippen LogP contribution is 2.32. The first-order chi connectivity index (χ1) is 10.3. The molecular weight excluding hydrogens is 380 g/mol. The van der Waals surface area contributed by atoms with Gasteiger partial charge in [0.05, 0.1) is 9.37 Å². The number of hydrogen-bond acceptors (Lipinski definition) is 3. The third kappa shape index (κ3) is 3.82. The van der Waals surface area contributed by atoms with Gasteiger partial charge in [-0.25, -0.2) is 21.9 Å².